The third kappa shape index (κ3) is 2.63. The maximum absolute atomic E-state index is 12.2. The minimum absolute atomic E-state index is 0.233. The first-order chi connectivity index (χ1) is 8.09. The van der Waals surface area contributed by atoms with Crippen molar-refractivity contribution in [3.63, 3.8) is 0 Å². The summed E-state index contributed by atoms with van der Waals surface area (Å²) in [5, 5.41) is 1.17. The predicted molar refractivity (Wildman–Crippen MR) is 71.3 cm³/mol. The normalized spacial score (nSPS) is 10.3. The zero-order valence-electron chi connectivity index (χ0n) is 8.58. The molecule has 0 unspecified atom stereocenters. The highest BCUT2D eigenvalue weighted by atomic mass is 35.5. The van der Waals surface area contributed by atoms with Gasteiger partial charge in [-0.3, -0.25) is 4.79 Å². The Bertz CT molecular complexity index is 558. The van der Waals surface area contributed by atoms with Crippen molar-refractivity contribution in [2.45, 2.75) is 0 Å². The number of carbonyl (C=O) groups excluding carboxylic acids is 1. The summed E-state index contributed by atoms with van der Waals surface area (Å²) in [5.41, 5.74) is 0.769. The first kappa shape index (κ1) is 12.4. The number of rotatable bonds is 2. The van der Waals surface area contributed by atoms with Crippen molar-refractivity contribution in [2.75, 3.05) is 0 Å². The molecule has 0 radical (unpaired) electrons. The van der Waals surface area contributed by atoms with Crippen LogP contribution in [0.1, 0.15) is 15.9 Å². The fourth-order valence-corrected chi connectivity index (χ4v) is 2.25. The molecule has 0 aromatic heterocycles. The second kappa shape index (κ2) is 5.09. The van der Waals surface area contributed by atoms with Crippen LogP contribution in [0.15, 0.2) is 42.5 Å². The molecule has 0 spiro atoms. The van der Waals surface area contributed by atoms with Gasteiger partial charge in [0.1, 0.15) is 0 Å². The molecule has 0 heterocycles. The highest BCUT2D eigenvalue weighted by Crippen LogP contribution is 2.27. The number of halogens is 3. The Hall–Kier alpha value is -1.02. The van der Waals surface area contributed by atoms with Crippen LogP contribution < -0.4 is 0 Å². The Morgan fingerprint density at radius 2 is 1.47 bits per heavy atom. The molecule has 2 aromatic carbocycles. The number of hydrogen-bond acceptors (Lipinski definition) is 1. The molecular weight excluding hydrogens is 279 g/mol. The fourth-order valence-electron chi connectivity index (χ4n) is 1.49. The van der Waals surface area contributed by atoms with Crippen LogP contribution in [0, 0.1) is 0 Å². The summed E-state index contributed by atoms with van der Waals surface area (Å²) < 4.78 is 0. The monoisotopic (exact) mass is 284 g/mol. The van der Waals surface area contributed by atoms with E-state index in [1.54, 1.807) is 42.5 Å². The lowest BCUT2D eigenvalue weighted by atomic mass is 10.0. The highest BCUT2D eigenvalue weighted by molar-refractivity contribution is 6.41. The molecule has 0 amide bonds. The van der Waals surface area contributed by atoms with Gasteiger partial charge in [-0.1, -0.05) is 53.0 Å². The Kier molecular flexibility index (Phi) is 3.72. The summed E-state index contributed by atoms with van der Waals surface area (Å²) in [6, 6.07) is 11.6. The summed E-state index contributed by atoms with van der Waals surface area (Å²) in [6.07, 6.45) is 0. The third-order valence-corrected chi connectivity index (χ3v) is 3.14. The Morgan fingerprint density at radius 3 is 2.06 bits per heavy atom. The van der Waals surface area contributed by atoms with Crippen LogP contribution in [0.25, 0.3) is 0 Å². The molecule has 0 fully saturated rings. The van der Waals surface area contributed by atoms with E-state index in [2.05, 4.69) is 0 Å². The minimum atomic E-state index is -0.233. The molecule has 1 nitrogen and oxygen atoms in total. The molecule has 17 heavy (non-hydrogen) atoms. The van der Waals surface area contributed by atoms with Gasteiger partial charge < -0.3 is 0 Å². The number of benzene rings is 2. The van der Waals surface area contributed by atoms with Crippen LogP contribution >= 0.6 is 34.8 Å². The summed E-state index contributed by atoms with van der Waals surface area (Å²) >= 11 is 17.8. The molecule has 86 valence electrons. The molecule has 0 atom stereocenters. The second-order valence-corrected chi connectivity index (χ2v) is 4.69. The van der Waals surface area contributed by atoms with Crippen LogP contribution in [0.2, 0.25) is 15.1 Å². The zero-order valence-corrected chi connectivity index (χ0v) is 10.9. The average molecular weight is 286 g/mol. The Morgan fingerprint density at radius 1 is 0.882 bits per heavy atom. The molecule has 0 saturated heterocycles. The molecule has 0 aliphatic heterocycles. The van der Waals surface area contributed by atoms with E-state index in [1.165, 1.54) is 0 Å². The third-order valence-electron chi connectivity index (χ3n) is 2.28. The molecule has 0 saturated carbocycles. The predicted octanol–water partition coefficient (Wildman–Crippen LogP) is 4.88. The quantitative estimate of drug-likeness (QED) is 0.719. The van der Waals surface area contributed by atoms with E-state index in [4.69, 9.17) is 34.8 Å². The van der Waals surface area contributed by atoms with E-state index in [-0.39, 0.29) is 5.78 Å². The standard InChI is InChI=1S/C13H7Cl3O/c14-9-4-1-3-8(7-9)13(17)12-10(15)5-2-6-11(12)16/h1-7H. The van der Waals surface area contributed by atoms with Crippen molar-refractivity contribution in [2.24, 2.45) is 0 Å². The molecule has 4 heteroatoms. The summed E-state index contributed by atoms with van der Waals surface area (Å²) in [4.78, 5) is 12.2. The first-order valence-electron chi connectivity index (χ1n) is 4.84. The van der Waals surface area contributed by atoms with Crippen LogP contribution in [0.5, 0.6) is 0 Å². The van der Waals surface area contributed by atoms with Gasteiger partial charge in [0.25, 0.3) is 0 Å². The van der Waals surface area contributed by atoms with Crippen molar-refractivity contribution in [1.29, 1.82) is 0 Å². The van der Waals surface area contributed by atoms with Crippen molar-refractivity contribution < 1.29 is 4.79 Å². The smallest absolute Gasteiger partial charge is 0.196 e. The van der Waals surface area contributed by atoms with Crippen LogP contribution in [0.4, 0.5) is 0 Å². The maximum atomic E-state index is 12.2. The highest BCUT2D eigenvalue weighted by Gasteiger charge is 2.16. The molecule has 0 aliphatic rings. The minimum Gasteiger partial charge on any atom is -0.288 e. The lowest BCUT2D eigenvalue weighted by Crippen LogP contribution is -2.03. The van der Waals surface area contributed by atoms with Gasteiger partial charge in [0.2, 0.25) is 0 Å². The van der Waals surface area contributed by atoms with Crippen molar-refractivity contribution >= 4 is 40.6 Å². The number of carbonyl (C=O) groups is 1. The van der Waals surface area contributed by atoms with E-state index >= 15 is 0 Å². The van der Waals surface area contributed by atoms with Gasteiger partial charge in [-0.2, -0.15) is 0 Å². The lowest BCUT2D eigenvalue weighted by Gasteiger charge is -2.06. The summed E-state index contributed by atoms with van der Waals surface area (Å²) in [5.74, 6) is -0.233. The van der Waals surface area contributed by atoms with Crippen molar-refractivity contribution in [3.8, 4) is 0 Å². The van der Waals surface area contributed by atoms with E-state index in [0.717, 1.165) is 0 Å². The molecular formula is C13H7Cl3O. The van der Waals surface area contributed by atoms with Gasteiger partial charge in [-0.05, 0) is 24.3 Å². The summed E-state index contributed by atoms with van der Waals surface area (Å²) in [7, 11) is 0. The van der Waals surface area contributed by atoms with Gasteiger partial charge in [0, 0.05) is 10.6 Å². The maximum Gasteiger partial charge on any atom is 0.196 e. The van der Waals surface area contributed by atoms with Crippen LogP contribution in [-0.4, -0.2) is 5.78 Å². The van der Waals surface area contributed by atoms with Gasteiger partial charge in [-0.25, -0.2) is 0 Å². The van der Waals surface area contributed by atoms with Gasteiger partial charge in [-0.15, -0.1) is 0 Å². The lowest BCUT2D eigenvalue weighted by molar-refractivity contribution is 0.103. The Balaban J connectivity index is 2.51. The number of hydrogen-bond donors (Lipinski definition) is 0. The van der Waals surface area contributed by atoms with E-state index < -0.39 is 0 Å². The van der Waals surface area contributed by atoms with Gasteiger partial charge in [0.05, 0.1) is 15.6 Å². The van der Waals surface area contributed by atoms with Gasteiger partial charge in [0.15, 0.2) is 5.78 Å². The molecule has 2 rings (SSSR count). The Labute approximate surface area is 114 Å². The fraction of sp³-hybridized carbons (Fsp3) is 0. The largest absolute Gasteiger partial charge is 0.288 e. The summed E-state index contributed by atoms with van der Waals surface area (Å²) in [6.45, 7) is 0. The van der Waals surface area contributed by atoms with E-state index in [9.17, 15) is 4.79 Å². The van der Waals surface area contributed by atoms with E-state index in [1.807, 2.05) is 0 Å². The number of ketones is 1. The molecule has 0 aliphatic carbocycles. The van der Waals surface area contributed by atoms with Crippen molar-refractivity contribution in [1.82, 2.24) is 0 Å². The van der Waals surface area contributed by atoms with Gasteiger partial charge >= 0.3 is 0 Å². The molecule has 0 bridgehead atoms. The van der Waals surface area contributed by atoms with Crippen LogP contribution in [-0.2, 0) is 0 Å². The molecule has 2 aromatic rings. The van der Waals surface area contributed by atoms with Crippen LogP contribution in [0.3, 0.4) is 0 Å². The zero-order chi connectivity index (χ0) is 12.4. The molecule has 0 N–H and O–H groups in total. The topological polar surface area (TPSA) is 17.1 Å². The second-order valence-electron chi connectivity index (χ2n) is 3.44. The first-order valence-corrected chi connectivity index (χ1v) is 5.97. The average Bonchev–Trinajstić information content (AvgIpc) is 2.28. The van der Waals surface area contributed by atoms with Crippen molar-refractivity contribution in [3.05, 3.63) is 68.7 Å². The van der Waals surface area contributed by atoms with E-state index in [0.29, 0.717) is 26.2 Å². The SMILES string of the molecule is O=C(c1cccc(Cl)c1)c1c(Cl)cccc1Cl.